The predicted molar refractivity (Wildman–Crippen MR) is 67.1 cm³/mol. The van der Waals surface area contributed by atoms with Crippen LogP contribution in [-0.4, -0.2) is 32.0 Å². The summed E-state index contributed by atoms with van der Waals surface area (Å²) in [5.74, 6) is 6.67. The smallest absolute Gasteiger partial charge is 0.135 e. The number of benzene rings is 1. The molecule has 0 aliphatic rings. The topological polar surface area (TPSA) is 38.7 Å². The first-order valence-electron chi connectivity index (χ1n) is 5.60. The maximum atomic E-state index is 8.69. The summed E-state index contributed by atoms with van der Waals surface area (Å²) in [6.07, 6.45) is 0.478. The van der Waals surface area contributed by atoms with E-state index in [0.29, 0.717) is 19.6 Å². The first kappa shape index (κ1) is 13.6. The third-order valence-electron chi connectivity index (χ3n) is 2.14. The van der Waals surface area contributed by atoms with Gasteiger partial charge in [-0.1, -0.05) is 17.9 Å². The van der Waals surface area contributed by atoms with E-state index in [2.05, 4.69) is 11.8 Å². The molecule has 0 bridgehead atoms. The zero-order chi connectivity index (χ0) is 12.5. The molecule has 1 aromatic rings. The fourth-order valence-corrected chi connectivity index (χ4v) is 1.32. The highest BCUT2D eigenvalue weighted by Gasteiger charge is 2.01. The van der Waals surface area contributed by atoms with Crippen molar-refractivity contribution in [1.29, 1.82) is 0 Å². The van der Waals surface area contributed by atoms with E-state index in [1.165, 1.54) is 0 Å². The van der Waals surface area contributed by atoms with Gasteiger partial charge in [0.25, 0.3) is 0 Å². The van der Waals surface area contributed by atoms with Gasteiger partial charge in [0.2, 0.25) is 0 Å². The second-order valence-electron chi connectivity index (χ2n) is 3.62. The predicted octanol–water partition coefficient (Wildman–Crippen LogP) is 1.75. The molecule has 0 fully saturated rings. The molecule has 1 rings (SSSR count). The van der Waals surface area contributed by atoms with E-state index >= 15 is 0 Å². The Bertz CT molecular complexity index is 402. The molecular formula is C14H18O3. The highest BCUT2D eigenvalue weighted by atomic mass is 16.5. The van der Waals surface area contributed by atoms with E-state index in [-0.39, 0.29) is 6.61 Å². The molecule has 0 aromatic heterocycles. The van der Waals surface area contributed by atoms with Crippen LogP contribution in [0.5, 0.6) is 5.75 Å². The van der Waals surface area contributed by atoms with Crippen molar-refractivity contribution in [2.45, 2.75) is 13.3 Å². The second-order valence-corrected chi connectivity index (χ2v) is 3.62. The van der Waals surface area contributed by atoms with Crippen LogP contribution in [0.15, 0.2) is 18.2 Å². The third-order valence-corrected chi connectivity index (χ3v) is 2.14. The highest BCUT2D eigenvalue weighted by molar-refractivity contribution is 5.48. The average molecular weight is 234 g/mol. The van der Waals surface area contributed by atoms with Gasteiger partial charge in [-0.25, -0.2) is 0 Å². The summed E-state index contributed by atoms with van der Waals surface area (Å²) in [5.41, 5.74) is 1.99. The van der Waals surface area contributed by atoms with Gasteiger partial charge in [0.1, 0.15) is 12.4 Å². The molecule has 1 aromatic carbocycles. The number of hydrogen-bond donors (Lipinski definition) is 1. The lowest BCUT2D eigenvalue weighted by Crippen LogP contribution is -2.05. The number of aliphatic hydroxyl groups is 1. The number of ether oxygens (including phenoxy) is 2. The number of aliphatic hydroxyl groups excluding tert-OH is 1. The van der Waals surface area contributed by atoms with Gasteiger partial charge in [-0.2, -0.15) is 0 Å². The van der Waals surface area contributed by atoms with E-state index in [4.69, 9.17) is 14.6 Å². The van der Waals surface area contributed by atoms with Gasteiger partial charge in [0.15, 0.2) is 0 Å². The van der Waals surface area contributed by atoms with E-state index in [9.17, 15) is 0 Å². The first-order chi connectivity index (χ1) is 8.27. The number of hydrogen-bond acceptors (Lipinski definition) is 3. The lowest BCUT2D eigenvalue weighted by molar-refractivity contribution is 0.146. The normalized spacial score (nSPS) is 9.59. The van der Waals surface area contributed by atoms with Crippen molar-refractivity contribution in [2.24, 2.45) is 0 Å². The van der Waals surface area contributed by atoms with Crippen molar-refractivity contribution in [3.05, 3.63) is 29.3 Å². The quantitative estimate of drug-likeness (QED) is 0.623. The standard InChI is InChI=1S/C14H18O3/c1-12-6-7-14(17-10-9-16-2)13(11-12)5-3-4-8-15/h6-7,11,15H,4,8-10H2,1-2H3. The third kappa shape index (κ3) is 4.90. The number of methoxy groups -OCH3 is 1. The van der Waals surface area contributed by atoms with Crippen molar-refractivity contribution < 1.29 is 14.6 Å². The molecule has 17 heavy (non-hydrogen) atoms. The zero-order valence-corrected chi connectivity index (χ0v) is 10.3. The minimum atomic E-state index is 0.0820. The molecule has 3 heteroatoms. The summed E-state index contributed by atoms with van der Waals surface area (Å²) < 4.78 is 10.5. The van der Waals surface area contributed by atoms with Gasteiger partial charge < -0.3 is 14.6 Å². The molecule has 0 heterocycles. The number of rotatable bonds is 5. The Labute approximate surface area is 102 Å². The van der Waals surface area contributed by atoms with Crippen LogP contribution in [-0.2, 0) is 4.74 Å². The molecule has 0 radical (unpaired) electrons. The second kappa shape index (κ2) is 7.72. The molecular weight excluding hydrogens is 216 g/mol. The van der Waals surface area contributed by atoms with Crippen LogP contribution in [0, 0.1) is 18.8 Å². The van der Waals surface area contributed by atoms with Crippen molar-refractivity contribution in [1.82, 2.24) is 0 Å². The Hall–Kier alpha value is -1.50. The minimum Gasteiger partial charge on any atom is -0.490 e. The van der Waals surface area contributed by atoms with Crippen LogP contribution >= 0.6 is 0 Å². The van der Waals surface area contributed by atoms with E-state index in [0.717, 1.165) is 16.9 Å². The van der Waals surface area contributed by atoms with Crippen molar-refractivity contribution in [2.75, 3.05) is 26.9 Å². The summed E-state index contributed by atoms with van der Waals surface area (Å²) >= 11 is 0. The summed E-state index contributed by atoms with van der Waals surface area (Å²) in [6.45, 7) is 3.15. The first-order valence-corrected chi connectivity index (χ1v) is 5.60. The Morgan fingerprint density at radius 3 is 2.82 bits per heavy atom. The van der Waals surface area contributed by atoms with Crippen LogP contribution in [0.3, 0.4) is 0 Å². The zero-order valence-electron chi connectivity index (χ0n) is 10.3. The Morgan fingerprint density at radius 2 is 2.12 bits per heavy atom. The molecule has 0 unspecified atom stereocenters. The molecule has 0 saturated heterocycles. The van der Waals surface area contributed by atoms with Gasteiger partial charge in [-0.3, -0.25) is 0 Å². The lowest BCUT2D eigenvalue weighted by Gasteiger charge is -2.08. The molecule has 3 nitrogen and oxygen atoms in total. The highest BCUT2D eigenvalue weighted by Crippen LogP contribution is 2.18. The van der Waals surface area contributed by atoms with Crippen molar-refractivity contribution in [3.8, 4) is 17.6 Å². The summed E-state index contributed by atoms with van der Waals surface area (Å²) in [5, 5.41) is 8.69. The largest absolute Gasteiger partial charge is 0.490 e. The van der Waals surface area contributed by atoms with Crippen molar-refractivity contribution >= 4 is 0 Å². The van der Waals surface area contributed by atoms with Gasteiger partial charge in [0.05, 0.1) is 18.8 Å². The Balaban J connectivity index is 2.77. The van der Waals surface area contributed by atoms with Gasteiger partial charge in [-0.15, -0.1) is 0 Å². The molecule has 0 aliphatic heterocycles. The van der Waals surface area contributed by atoms with Crippen LogP contribution in [0.2, 0.25) is 0 Å². The molecule has 92 valence electrons. The molecule has 0 aliphatic carbocycles. The lowest BCUT2D eigenvalue weighted by atomic mass is 10.1. The van der Waals surface area contributed by atoms with Crippen LogP contribution in [0.25, 0.3) is 0 Å². The van der Waals surface area contributed by atoms with Crippen LogP contribution in [0.1, 0.15) is 17.5 Å². The maximum absolute atomic E-state index is 8.69. The number of aryl methyl sites for hydroxylation is 1. The Morgan fingerprint density at radius 1 is 1.29 bits per heavy atom. The fourth-order valence-electron chi connectivity index (χ4n) is 1.32. The molecule has 0 saturated carbocycles. The summed E-state index contributed by atoms with van der Waals surface area (Å²) in [4.78, 5) is 0. The van der Waals surface area contributed by atoms with Crippen LogP contribution in [0.4, 0.5) is 0 Å². The SMILES string of the molecule is COCCOc1ccc(C)cc1C#CCCO. The average Bonchev–Trinajstić information content (AvgIpc) is 2.32. The summed E-state index contributed by atoms with van der Waals surface area (Å²) in [7, 11) is 1.64. The van der Waals surface area contributed by atoms with Crippen LogP contribution < -0.4 is 4.74 Å². The molecule has 0 amide bonds. The van der Waals surface area contributed by atoms with Crippen molar-refractivity contribution in [3.63, 3.8) is 0 Å². The van der Waals surface area contributed by atoms with Gasteiger partial charge in [0, 0.05) is 13.5 Å². The van der Waals surface area contributed by atoms with E-state index in [1.54, 1.807) is 7.11 Å². The van der Waals surface area contributed by atoms with E-state index < -0.39 is 0 Å². The summed E-state index contributed by atoms with van der Waals surface area (Å²) in [6, 6.07) is 5.87. The maximum Gasteiger partial charge on any atom is 0.135 e. The minimum absolute atomic E-state index is 0.0820. The molecule has 1 N–H and O–H groups in total. The fraction of sp³-hybridized carbons (Fsp3) is 0.429. The Kier molecular flexibility index (Phi) is 6.16. The van der Waals surface area contributed by atoms with Gasteiger partial charge in [-0.05, 0) is 24.6 Å². The molecule has 0 spiro atoms. The van der Waals surface area contributed by atoms with Gasteiger partial charge >= 0.3 is 0 Å². The molecule has 0 atom stereocenters. The van der Waals surface area contributed by atoms with E-state index in [1.807, 2.05) is 25.1 Å². The monoisotopic (exact) mass is 234 g/mol.